The smallest absolute Gasteiger partial charge is 0.135 e. The van der Waals surface area contributed by atoms with E-state index < -0.39 is 0 Å². The van der Waals surface area contributed by atoms with Crippen molar-refractivity contribution in [2.45, 2.75) is 26.3 Å². The van der Waals surface area contributed by atoms with E-state index in [0.717, 1.165) is 22.9 Å². The van der Waals surface area contributed by atoms with E-state index in [0.29, 0.717) is 12.5 Å². The molecule has 122 valence electrons. The van der Waals surface area contributed by atoms with Crippen LogP contribution in [-0.4, -0.2) is 15.0 Å². The van der Waals surface area contributed by atoms with Gasteiger partial charge in [-0.15, -0.1) is 0 Å². The van der Waals surface area contributed by atoms with E-state index in [9.17, 15) is 0 Å². The lowest BCUT2D eigenvalue weighted by molar-refractivity contribution is 0.869. The van der Waals surface area contributed by atoms with E-state index in [1.807, 2.05) is 30.5 Å². The fourth-order valence-corrected chi connectivity index (χ4v) is 2.47. The number of aromatic nitrogens is 3. The summed E-state index contributed by atoms with van der Waals surface area (Å²) in [7, 11) is 0. The van der Waals surface area contributed by atoms with E-state index in [2.05, 4.69) is 57.6 Å². The van der Waals surface area contributed by atoms with Crippen LogP contribution >= 0.6 is 0 Å². The van der Waals surface area contributed by atoms with Crippen LogP contribution in [0.5, 0.6) is 0 Å². The largest absolute Gasteiger partial charge is 0.366 e. The Bertz CT molecular complexity index is 787. The molecule has 3 rings (SSSR count). The molecule has 0 fully saturated rings. The van der Waals surface area contributed by atoms with Crippen molar-refractivity contribution in [2.75, 3.05) is 10.6 Å². The summed E-state index contributed by atoms with van der Waals surface area (Å²) in [6.45, 7) is 5.04. The van der Waals surface area contributed by atoms with Crippen molar-refractivity contribution in [3.8, 4) is 0 Å². The average molecular weight is 319 g/mol. The molecule has 3 aromatic rings. The minimum atomic E-state index is 0.443. The van der Waals surface area contributed by atoms with Gasteiger partial charge in [-0.05, 0) is 29.2 Å². The number of hydrogen-bond donors (Lipinski definition) is 2. The van der Waals surface area contributed by atoms with Gasteiger partial charge in [0.25, 0.3) is 0 Å². The summed E-state index contributed by atoms with van der Waals surface area (Å²) in [5, 5.41) is 6.68. The summed E-state index contributed by atoms with van der Waals surface area (Å²) in [4.78, 5) is 12.7. The Kier molecular flexibility index (Phi) is 5.01. The number of hydrogen-bond acceptors (Lipinski definition) is 5. The predicted molar refractivity (Wildman–Crippen MR) is 97.4 cm³/mol. The molecule has 0 unspecified atom stereocenters. The highest BCUT2D eigenvalue weighted by molar-refractivity contribution is 5.63. The van der Waals surface area contributed by atoms with Crippen molar-refractivity contribution in [1.29, 1.82) is 0 Å². The van der Waals surface area contributed by atoms with Gasteiger partial charge in [0.15, 0.2) is 0 Å². The van der Waals surface area contributed by atoms with Crippen molar-refractivity contribution >= 4 is 17.3 Å². The van der Waals surface area contributed by atoms with E-state index in [4.69, 9.17) is 0 Å². The number of pyridine rings is 1. The second kappa shape index (κ2) is 7.55. The second-order valence-corrected chi connectivity index (χ2v) is 5.87. The van der Waals surface area contributed by atoms with Gasteiger partial charge in [0.05, 0.1) is 0 Å². The lowest BCUT2D eigenvalue weighted by Crippen LogP contribution is -2.04. The maximum absolute atomic E-state index is 4.32. The molecule has 1 aromatic carbocycles. The molecule has 0 saturated carbocycles. The zero-order valence-electron chi connectivity index (χ0n) is 13.9. The van der Waals surface area contributed by atoms with Crippen molar-refractivity contribution in [3.05, 3.63) is 72.3 Å². The highest BCUT2D eigenvalue weighted by Gasteiger charge is 2.07. The van der Waals surface area contributed by atoms with Crippen LogP contribution in [0.1, 0.15) is 30.9 Å². The first-order valence-corrected chi connectivity index (χ1v) is 8.03. The predicted octanol–water partition coefficient (Wildman–Crippen LogP) is 4.35. The van der Waals surface area contributed by atoms with Crippen LogP contribution in [0.4, 0.5) is 17.3 Å². The summed E-state index contributed by atoms with van der Waals surface area (Å²) in [6.07, 6.45) is 5.17. The molecule has 2 heterocycles. The van der Waals surface area contributed by atoms with Gasteiger partial charge in [-0.25, -0.2) is 9.97 Å². The fraction of sp³-hybridized carbons (Fsp3) is 0.211. The normalized spacial score (nSPS) is 10.6. The molecular weight excluding hydrogens is 298 g/mol. The number of anilines is 3. The lowest BCUT2D eigenvalue weighted by atomic mass is 10.0. The molecule has 0 amide bonds. The molecule has 0 bridgehead atoms. The Hall–Kier alpha value is -2.95. The van der Waals surface area contributed by atoms with Gasteiger partial charge in [-0.1, -0.05) is 38.1 Å². The molecule has 0 atom stereocenters. The Labute approximate surface area is 142 Å². The molecule has 2 N–H and O–H groups in total. The average Bonchev–Trinajstić information content (AvgIpc) is 2.61. The topological polar surface area (TPSA) is 62.7 Å². The van der Waals surface area contributed by atoms with Crippen LogP contribution in [0, 0.1) is 0 Å². The molecule has 0 aliphatic rings. The number of nitrogens with zero attached hydrogens (tertiary/aromatic N) is 3. The molecule has 0 radical (unpaired) electrons. The van der Waals surface area contributed by atoms with Crippen molar-refractivity contribution in [1.82, 2.24) is 15.0 Å². The Morgan fingerprint density at radius 1 is 1.00 bits per heavy atom. The van der Waals surface area contributed by atoms with Gasteiger partial charge in [0, 0.05) is 30.7 Å². The first kappa shape index (κ1) is 15.9. The maximum Gasteiger partial charge on any atom is 0.135 e. The van der Waals surface area contributed by atoms with Crippen LogP contribution in [-0.2, 0) is 6.54 Å². The Morgan fingerprint density at radius 3 is 2.62 bits per heavy atom. The van der Waals surface area contributed by atoms with Gasteiger partial charge in [0.2, 0.25) is 0 Å². The zero-order valence-corrected chi connectivity index (χ0v) is 13.9. The first-order valence-electron chi connectivity index (χ1n) is 8.03. The van der Waals surface area contributed by atoms with Gasteiger partial charge >= 0.3 is 0 Å². The van der Waals surface area contributed by atoms with Crippen LogP contribution in [0.25, 0.3) is 0 Å². The number of rotatable bonds is 6. The van der Waals surface area contributed by atoms with Crippen molar-refractivity contribution < 1.29 is 0 Å². The number of para-hydroxylation sites is 1. The standard InChI is InChI=1S/C19H21N5/c1-14(2)16-7-3-4-8-17(16)24-19-10-18(22-13-23-19)21-12-15-6-5-9-20-11-15/h3-11,13-14H,12H2,1-2H3,(H2,21,22,23,24). The third-order valence-electron chi connectivity index (χ3n) is 3.71. The third-order valence-corrected chi connectivity index (χ3v) is 3.71. The van der Waals surface area contributed by atoms with E-state index in [1.54, 1.807) is 12.5 Å². The Morgan fingerprint density at radius 2 is 1.83 bits per heavy atom. The Balaban J connectivity index is 1.72. The molecule has 2 aromatic heterocycles. The summed E-state index contributed by atoms with van der Waals surface area (Å²) in [5.41, 5.74) is 3.45. The van der Waals surface area contributed by atoms with Gasteiger partial charge in [-0.3, -0.25) is 4.98 Å². The van der Waals surface area contributed by atoms with E-state index in [1.165, 1.54) is 5.56 Å². The van der Waals surface area contributed by atoms with Gasteiger partial charge in [0.1, 0.15) is 18.0 Å². The van der Waals surface area contributed by atoms with Crippen LogP contribution in [0.2, 0.25) is 0 Å². The van der Waals surface area contributed by atoms with Crippen molar-refractivity contribution in [3.63, 3.8) is 0 Å². The molecular formula is C19H21N5. The summed E-state index contributed by atoms with van der Waals surface area (Å²) in [6, 6.07) is 14.1. The molecule has 0 spiro atoms. The van der Waals surface area contributed by atoms with Gasteiger partial charge in [-0.2, -0.15) is 0 Å². The summed E-state index contributed by atoms with van der Waals surface area (Å²) in [5.74, 6) is 1.99. The number of nitrogens with one attached hydrogen (secondary N) is 2. The fourth-order valence-electron chi connectivity index (χ4n) is 2.47. The minimum Gasteiger partial charge on any atom is -0.366 e. The summed E-state index contributed by atoms with van der Waals surface area (Å²) < 4.78 is 0. The second-order valence-electron chi connectivity index (χ2n) is 5.87. The molecule has 0 aliphatic carbocycles. The molecule has 24 heavy (non-hydrogen) atoms. The molecule has 5 heteroatoms. The minimum absolute atomic E-state index is 0.443. The highest BCUT2D eigenvalue weighted by atomic mass is 15.1. The van der Waals surface area contributed by atoms with Crippen LogP contribution in [0.15, 0.2) is 61.2 Å². The SMILES string of the molecule is CC(C)c1ccccc1Nc1cc(NCc2cccnc2)ncn1. The van der Waals surface area contributed by atoms with Gasteiger partial charge < -0.3 is 10.6 Å². The van der Waals surface area contributed by atoms with Crippen LogP contribution < -0.4 is 10.6 Å². The highest BCUT2D eigenvalue weighted by Crippen LogP contribution is 2.26. The monoisotopic (exact) mass is 319 g/mol. The van der Waals surface area contributed by atoms with E-state index in [-0.39, 0.29) is 0 Å². The first-order chi connectivity index (χ1) is 11.7. The molecule has 0 saturated heterocycles. The summed E-state index contributed by atoms with van der Waals surface area (Å²) >= 11 is 0. The quantitative estimate of drug-likeness (QED) is 0.707. The maximum atomic E-state index is 4.32. The third kappa shape index (κ3) is 4.07. The van der Waals surface area contributed by atoms with Crippen LogP contribution in [0.3, 0.4) is 0 Å². The molecule has 0 aliphatic heterocycles. The molecule has 5 nitrogen and oxygen atoms in total. The zero-order chi connectivity index (χ0) is 16.8. The van der Waals surface area contributed by atoms with Crippen molar-refractivity contribution in [2.24, 2.45) is 0 Å². The lowest BCUT2D eigenvalue weighted by Gasteiger charge is -2.14. The number of benzene rings is 1. The van der Waals surface area contributed by atoms with E-state index >= 15 is 0 Å².